The van der Waals surface area contributed by atoms with Gasteiger partial charge < -0.3 is 10.5 Å². The summed E-state index contributed by atoms with van der Waals surface area (Å²) >= 11 is 0. The lowest BCUT2D eigenvalue weighted by Gasteiger charge is -2.32. The highest BCUT2D eigenvalue weighted by atomic mass is 16.5. The van der Waals surface area contributed by atoms with Crippen molar-refractivity contribution in [2.24, 2.45) is 5.73 Å². The fourth-order valence-electron chi connectivity index (χ4n) is 4.10. The van der Waals surface area contributed by atoms with E-state index in [-0.39, 0.29) is 0 Å². The van der Waals surface area contributed by atoms with Crippen molar-refractivity contribution in [2.75, 3.05) is 20.2 Å². The SMILES string of the molecule is COc1ccc(CN2CCCC(c3cccc(-c4cccc(C(N)=O)c4)n3)C2)cc1. The predicted molar refractivity (Wildman–Crippen MR) is 118 cm³/mol. The minimum Gasteiger partial charge on any atom is -0.497 e. The van der Waals surface area contributed by atoms with Crippen molar-refractivity contribution in [2.45, 2.75) is 25.3 Å². The first-order valence-electron chi connectivity index (χ1n) is 10.3. The van der Waals surface area contributed by atoms with E-state index in [1.54, 1.807) is 13.2 Å². The van der Waals surface area contributed by atoms with Crippen LogP contribution in [0.2, 0.25) is 0 Å². The van der Waals surface area contributed by atoms with Crippen LogP contribution in [0.4, 0.5) is 0 Å². The zero-order chi connectivity index (χ0) is 20.9. The molecular formula is C25H27N3O2. The molecule has 154 valence electrons. The Morgan fingerprint density at radius 3 is 2.70 bits per heavy atom. The first kappa shape index (κ1) is 20.1. The highest BCUT2D eigenvalue weighted by molar-refractivity contribution is 5.93. The van der Waals surface area contributed by atoms with Gasteiger partial charge in [0.25, 0.3) is 0 Å². The van der Waals surface area contributed by atoms with Gasteiger partial charge in [-0.1, -0.05) is 30.3 Å². The van der Waals surface area contributed by atoms with Gasteiger partial charge in [0.05, 0.1) is 12.8 Å². The van der Waals surface area contributed by atoms with Crippen molar-refractivity contribution in [1.82, 2.24) is 9.88 Å². The molecule has 0 radical (unpaired) electrons. The number of hydrogen-bond donors (Lipinski definition) is 1. The van der Waals surface area contributed by atoms with Crippen LogP contribution in [0.25, 0.3) is 11.3 Å². The molecule has 1 aromatic heterocycles. The number of ether oxygens (including phenoxy) is 1. The number of benzene rings is 2. The summed E-state index contributed by atoms with van der Waals surface area (Å²) in [5.41, 5.74) is 10.1. The van der Waals surface area contributed by atoms with E-state index in [0.717, 1.165) is 55.2 Å². The van der Waals surface area contributed by atoms with Crippen molar-refractivity contribution in [3.63, 3.8) is 0 Å². The topological polar surface area (TPSA) is 68.5 Å². The van der Waals surface area contributed by atoms with E-state index in [1.165, 1.54) is 5.56 Å². The number of aromatic nitrogens is 1. The van der Waals surface area contributed by atoms with Crippen LogP contribution >= 0.6 is 0 Å². The Hall–Kier alpha value is -3.18. The summed E-state index contributed by atoms with van der Waals surface area (Å²) in [5.74, 6) is 0.863. The summed E-state index contributed by atoms with van der Waals surface area (Å²) in [7, 11) is 1.69. The third kappa shape index (κ3) is 4.69. The maximum atomic E-state index is 11.5. The van der Waals surface area contributed by atoms with Crippen LogP contribution in [-0.4, -0.2) is 36.0 Å². The van der Waals surface area contributed by atoms with Crippen LogP contribution < -0.4 is 10.5 Å². The van der Waals surface area contributed by atoms with Crippen LogP contribution in [0.15, 0.2) is 66.7 Å². The first-order chi connectivity index (χ1) is 14.6. The second-order valence-corrected chi connectivity index (χ2v) is 7.82. The summed E-state index contributed by atoms with van der Waals surface area (Å²) in [6.45, 7) is 3.02. The van der Waals surface area contributed by atoms with Crippen LogP contribution in [0.1, 0.15) is 40.4 Å². The van der Waals surface area contributed by atoms with Crippen molar-refractivity contribution in [3.05, 3.63) is 83.6 Å². The monoisotopic (exact) mass is 401 g/mol. The molecule has 1 amide bonds. The number of likely N-dealkylation sites (tertiary alicyclic amines) is 1. The number of pyridine rings is 1. The van der Waals surface area contributed by atoms with Crippen LogP contribution in [0, 0.1) is 0 Å². The second-order valence-electron chi connectivity index (χ2n) is 7.82. The molecule has 0 bridgehead atoms. The molecule has 3 aromatic rings. The third-order valence-electron chi connectivity index (χ3n) is 5.70. The summed E-state index contributed by atoms with van der Waals surface area (Å²) in [5, 5.41) is 0. The molecular weight excluding hydrogens is 374 g/mol. The van der Waals surface area contributed by atoms with Crippen molar-refractivity contribution in [3.8, 4) is 17.0 Å². The normalized spacial score (nSPS) is 16.9. The number of piperidine rings is 1. The maximum Gasteiger partial charge on any atom is 0.248 e. The zero-order valence-corrected chi connectivity index (χ0v) is 17.3. The van der Waals surface area contributed by atoms with Crippen molar-refractivity contribution < 1.29 is 9.53 Å². The summed E-state index contributed by atoms with van der Waals surface area (Å²) in [6, 6.07) is 21.8. The molecule has 0 spiro atoms. The average molecular weight is 402 g/mol. The van der Waals surface area contributed by atoms with E-state index in [4.69, 9.17) is 15.5 Å². The van der Waals surface area contributed by atoms with E-state index >= 15 is 0 Å². The van der Waals surface area contributed by atoms with Gasteiger partial charge in [-0.15, -0.1) is 0 Å². The zero-order valence-electron chi connectivity index (χ0n) is 17.3. The molecule has 1 aliphatic heterocycles. The number of methoxy groups -OCH3 is 1. The maximum absolute atomic E-state index is 11.5. The fourth-order valence-corrected chi connectivity index (χ4v) is 4.10. The summed E-state index contributed by atoms with van der Waals surface area (Å²) < 4.78 is 5.25. The fraction of sp³-hybridized carbons (Fsp3) is 0.280. The molecule has 1 saturated heterocycles. The first-order valence-corrected chi connectivity index (χ1v) is 10.3. The molecule has 2 N–H and O–H groups in total. The molecule has 2 heterocycles. The molecule has 1 unspecified atom stereocenters. The highest BCUT2D eigenvalue weighted by Crippen LogP contribution is 2.29. The number of hydrogen-bond acceptors (Lipinski definition) is 4. The van der Waals surface area contributed by atoms with E-state index in [2.05, 4.69) is 29.2 Å². The third-order valence-corrected chi connectivity index (χ3v) is 5.70. The molecule has 0 saturated carbocycles. The minimum atomic E-state index is -0.422. The lowest BCUT2D eigenvalue weighted by Crippen LogP contribution is -2.34. The van der Waals surface area contributed by atoms with Crippen molar-refractivity contribution in [1.29, 1.82) is 0 Å². The van der Waals surface area contributed by atoms with Crippen molar-refractivity contribution >= 4 is 5.91 Å². The molecule has 1 fully saturated rings. The number of nitrogens with two attached hydrogens (primary N) is 1. The Morgan fingerprint density at radius 1 is 1.13 bits per heavy atom. The van der Waals surface area contributed by atoms with Gasteiger partial charge >= 0.3 is 0 Å². The minimum absolute atomic E-state index is 0.399. The molecule has 5 heteroatoms. The molecule has 4 rings (SSSR count). The van der Waals surface area contributed by atoms with E-state index < -0.39 is 5.91 Å². The largest absolute Gasteiger partial charge is 0.497 e. The van der Waals surface area contributed by atoms with Gasteiger partial charge in [0.1, 0.15) is 5.75 Å². The van der Waals surface area contributed by atoms with Gasteiger partial charge in [-0.3, -0.25) is 14.7 Å². The Balaban J connectivity index is 1.49. The summed E-state index contributed by atoms with van der Waals surface area (Å²) in [4.78, 5) is 18.9. The molecule has 5 nitrogen and oxygen atoms in total. The van der Waals surface area contributed by atoms with Gasteiger partial charge in [0.15, 0.2) is 0 Å². The molecule has 1 aliphatic rings. The number of carbonyl (C=O) groups excluding carboxylic acids is 1. The Labute approximate surface area is 177 Å². The van der Waals surface area contributed by atoms with E-state index in [1.807, 2.05) is 36.4 Å². The number of nitrogens with zero attached hydrogens (tertiary/aromatic N) is 2. The average Bonchev–Trinajstić information content (AvgIpc) is 2.80. The Bertz CT molecular complexity index is 1020. The smallest absolute Gasteiger partial charge is 0.248 e. The van der Waals surface area contributed by atoms with Gasteiger partial charge in [0, 0.05) is 35.8 Å². The van der Waals surface area contributed by atoms with Gasteiger partial charge in [-0.05, 0) is 61.3 Å². The number of amides is 1. The van der Waals surface area contributed by atoms with E-state index in [9.17, 15) is 4.79 Å². The number of rotatable bonds is 6. The standard InChI is InChI=1S/C25H27N3O2/c1-30-22-12-10-18(11-13-22)16-28-14-4-7-21(17-28)24-9-3-8-23(27-24)19-5-2-6-20(15-19)25(26)29/h2-3,5-6,8-13,15,21H,4,7,14,16-17H2,1H3,(H2,26,29). The molecule has 2 aromatic carbocycles. The predicted octanol–water partition coefficient (Wildman–Crippen LogP) is 4.24. The highest BCUT2D eigenvalue weighted by Gasteiger charge is 2.22. The molecule has 30 heavy (non-hydrogen) atoms. The van der Waals surface area contributed by atoms with Crippen LogP contribution in [0.3, 0.4) is 0 Å². The van der Waals surface area contributed by atoms with Crippen LogP contribution in [-0.2, 0) is 6.54 Å². The van der Waals surface area contributed by atoms with Gasteiger partial charge in [-0.2, -0.15) is 0 Å². The number of carbonyl (C=O) groups is 1. The Morgan fingerprint density at radius 2 is 1.93 bits per heavy atom. The second kappa shape index (κ2) is 9.09. The number of primary amides is 1. The van der Waals surface area contributed by atoms with Crippen LogP contribution in [0.5, 0.6) is 5.75 Å². The Kier molecular flexibility index (Phi) is 6.10. The van der Waals surface area contributed by atoms with E-state index in [0.29, 0.717) is 11.5 Å². The molecule has 0 aliphatic carbocycles. The molecule has 1 atom stereocenters. The van der Waals surface area contributed by atoms with Gasteiger partial charge in [-0.25, -0.2) is 0 Å². The summed E-state index contributed by atoms with van der Waals surface area (Å²) in [6.07, 6.45) is 2.29. The lowest BCUT2D eigenvalue weighted by molar-refractivity contribution is 0.100. The van der Waals surface area contributed by atoms with Gasteiger partial charge in [0.2, 0.25) is 5.91 Å². The quantitative estimate of drug-likeness (QED) is 0.671. The lowest BCUT2D eigenvalue weighted by atomic mass is 9.93.